The predicted molar refractivity (Wildman–Crippen MR) is 84.1 cm³/mol. The van der Waals surface area contributed by atoms with E-state index in [2.05, 4.69) is 14.7 Å². The molecule has 1 N–H and O–H groups in total. The van der Waals surface area contributed by atoms with E-state index >= 15 is 0 Å². The van der Waals surface area contributed by atoms with E-state index < -0.39 is 0 Å². The third-order valence-electron chi connectivity index (χ3n) is 3.79. The number of aryl methyl sites for hydroxylation is 1. The Morgan fingerprint density at radius 1 is 1.24 bits per heavy atom. The molecule has 0 saturated heterocycles. The van der Waals surface area contributed by atoms with Gasteiger partial charge in [0.1, 0.15) is 5.01 Å². The first-order chi connectivity index (χ1) is 10.3. The van der Waals surface area contributed by atoms with Crippen LogP contribution in [0.25, 0.3) is 11.4 Å². The highest BCUT2D eigenvalue weighted by molar-refractivity contribution is 7.05. The number of nitrogens with zero attached hydrogens (tertiary/aromatic N) is 2. The van der Waals surface area contributed by atoms with Crippen molar-refractivity contribution in [2.24, 2.45) is 0 Å². The second-order valence-electron chi connectivity index (χ2n) is 5.43. The highest BCUT2D eigenvalue weighted by atomic mass is 32.1. The summed E-state index contributed by atoms with van der Waals surface area (Å²) in [7, 11) is 0. The third kappa shape index (κ3) is 3.88. The Balaban J connectivity index is 1.51. The fourth-order valence-electron chi connectivity index (χ4n) is 2.65. The van der Waals surface area contributed by atoms with E-state index in [0.29, 0.717) is 18.9 Å². The molecule has 1 fully saturated rings. The molecule has 5 heteroatoms. The largest absolute Gasteiger partial charge is 0.353 e. The fourth-order valence-corrected chi connectivity index (χ4v) is 3.31. The Morgan fingerprint density at radius 3 is 2.76 bits per heavy atom. The van der Waals surface area contributed by atoms with Crippen LogP contribution >= 0.6 is 11.5 Å². The first kappa shape index (κ1) is 14.2. The molecule has 1 aromatic carbocycles. The lowest BCUT2D eigenvalue weighted by atomic mass is 10.2. The highest BCUT2D eigenvalue weighted by Crippen LogP contribution is 2.19. The molecule has 0 bridgehead atoms. The third-order valence-corrected chi connectivity index (χ3v) is 4.56. The Hall–Kier alpha value is -1.75. The van der Waals surface area contributed by atoms with Crippen LogP contribution < -0.4 is 5.32 Å². The molecule has 4 nitrogen and oxygen atoms in total. The lowest BCUT2D eigenvalue weighted by Crippen LogP contribution is -2.32. The monoisotopic (exact) mass is 301 g/mol. The summed E-state index contributed by atoms with van der Waals surface area (Å²) < 4.78 is 4.37. The summed E-state index contributed by atoms with van der Waals surface area (Å²) in [6.45, 7) is 0. The zero-order valence-electron chi connectivity index (χ0n) is 11.9. The number of rotatable bonds is 5. The van der Waals surface area contributed by atoms with E-state index in [1.54, 1.807) is 0 Å². The van der Waals surface area contributed by atoms with E-state index in [-0.39, 0.29) is 5.91 Å². The van der Waals surface area contributed by atoms with Crippen molar-refractivity contribution in [3.8, 4) is 11.4 Å². The zero-order valence-corrected chi connectivity index (χ0v) is 12.7. The number of carbonyl (C=O) groups excluding carboxylic acids is 1. The van der Waals surface area contributed by atoms with Gasteiger partial charge in [0.15, 0.2) is 5.82 Å². The molecule has 0 atom stereocenters. The maximum atomic E-state index is 11.9. The van der Waals surface area contributed by atoms with Gasteiger partial charge in [-0.3, -0.25) is 4.79 Å². The Kier molecular flexibility index (Phi) is 4.60. The van der Waals surface area contributed by atoms with Crippen molar-refractivity contribution in [3.05, 3.63) is 35.3 Å². The van der Waals surface area contributed by atoms with Crippen molar-refractivity contribution in [2.75, 3.05) is 0 Å². The van der Waals surface area contributed by atoms with Gasteiger partial charge in [0, 0.05) is 24.4 Å². The van der Waals surface area contributed by atoms with Crippen molar-refractivity contribution in [2.45, 2.75) is 44.6 Å². The van der Waals surface area contributed by atoms with Crippen LogP contribution in [0.15, 0.2) is 30.3 Å². The first-order valence-electron chi connectivity index (χ1n) is 7.48. The molecule has 21 heavy (non-hydrogen) atoms. The number of nitrogens with one attached hydrogen (secondary N) is 1. The summed E-state index contributed by atoms with van der Waals surface area (Å²) in [6.07, 6.45) is 5.90. The Morgan fingerprint density at radius 2 is 2.00 bits per heavy atom. The van der Waals surface area contributed by atoms with Gasteiger partial charge in [-0.2, -0.15) is 4.37 Å². The lowest BCUT2D eigenvalue weighted by Gasteiger charge is -2.10. The van der Waals surface area contributed by atoms with Gasteiger partial charge >= 0.3 is 0 Å². The molecule has 1 aliphatic rings. The molecular formula is C16H19N3OS. The number of benzene rings is 1. The molecule has 0 aliphatic heterocycles. The Labute approximate surface area is 128 Å². The van der Waals surface area contributed by atoms with Crippen molar-refractivity contribution < 1.29 is 4.79 Å². The first-order valence-corrected chi connectivity index (χ1v) is 8.26. The number of aromatic nitrogens is 2. The molecule has 0 unspecified atom stereocenters. The van der Waals surface area contributed by atoms with Gasteiger partial charge in [0.2, 0.25) is 5.91 Å². The van der Waals surface area contributed by atoms with Gasteiger partial charge in [-0.05, 0) is 24.4 Å². The fraction of sp³-hybridized carbons (Fsp3) is 0.438. The number of carbonyl (C=O) groups is 1. The standard InChI is InChI=1S/C16H19N3OS/c20-14(17-13-8-4-5-9-13)10-11-15-18-16(19-21-15)12-6-2-1-3-7-12/h1-3,6-7,13H,4-5,8-11H2,(H,17,20). The molecule has 1 amide bonds. The summed E-state index contributed by atoms with van der Waals surface area (Å²) in [6, 6.07) is 10.3. The zero-order chi connectivity index (χ0) is 14.5. The normalized spacial score (nSPS) is 15.2. The molecule has 2 aromatic rings. The van der Waals surface area contributed by atoms with Gasteiger partial charge in [-0.15, -0.1) is 0 Å². The van der Waals surface area contributed by atoms with E-state index in [4.69, 9.17) is 0 Å². The molecule has 1 heterocycles. The molecule has 1 saturated carbocycles. The van der Waals surface area contributed by atoms with Crippen molar-refractivity contribution in [1.82, 2.24) is 14.7 Å². The second kappa shape index (κ2) is 6.80. The van der Waals surface area contributed by atoms with Gasteiger partial charge in [0.05, 0.1) is 0 Å². The molecule has 1 aliphatic carbocycles. The minimum atomic E-state index is 0.137. The predicted octanol–water partition coefficient (Wildman–Crippen LogP) is 3.20. The molecule has 3 rings (SSSR count). The lowest BCUT2D eigenvalue weighted by molar-refractivity contribution is -0.121. The summed E-state index contributed by atoms with van der Waals surface area (Å²) >= 11 is 1.39. The topological polar surface area (TPSA) is 54.9 Å². The van der Waals surface area contributed by atoms with Crippen LogP contribution in [0, 0.1) is 0 Å². The maximum Gasteiger partial charge on any atom is 0.220 e. The number of hydrogen-bond acceptors (Lipinski definition) is 4. The Bertz CT molecular complexity index is 591. The van der Waals surface area contributed by atoms with Gasteiger partial charge < -0.3 is 5.32 Å². The smallest absolute Gasteiger partial charge is 0.220 e. The molecule has 0 spiro atoms. The van der Waals surface area contributed by atoms with Crippen molar-refractivity contribution in [1.29, 1.82) is 0 Å². The van der Waals surface area contributed by atoms with Crippen molar-refractivity contribution >= 4 is 17.4 Å². The van der Waals surface area contributed by atoms with Crippen LogP contribution in [-0.2, 0) is 11.2 Å². The van der Waals surface area contributed by atoms with Crippen LogP contribution in [0.1, 0.15) is 37.1 Å². The number of amides is 1. The van der Waals surface area contributed by atoms with E-state index in [0.717, 1.165) is 29.2 Å². The minimum Gasteiger partial charge on any atom is -0.353 e. The van der Waals surface area contributed by atoms with Gasteiger partial charge in [-0.25, -0.2) is 4.98 Å². The summed E-state index contributed by atoms with van der Waals surface area (Å²) in [5.41, 5.74) is 1.02. The summed E-state index contributed by atoms with van der Waals surface area (Å²) in [4.78, 5) is 16.4. The van der Waals surface area contributed by atoms with Crippen LogP contribution in [0.5, 0.6) is 0 Å². The molecule has 110 valence electrons. The average molecular weight is 301 g/mol. The summed E-state index contributed by atoms with van der Waals surface area (Å²) in [5, 5.41) is 4.03. The minimum absolute atomic E-state index is 0.137. The highest BCUT2D eigenvalue weighted by Gasteiger charge is 2.17. The number of hydrogen-bond donors (Lipinski definition) is 1. The van der Waals surface area contributed by atoms with Gasteiger partial charge in [0.25, 0.3) is 0 Å². The van der Waals surface area contributed by atoms with E-state index in [1.807, 2.05) is 30.3 Å². The molecule has 0 radical (unpaired) electrons. The van der Waals surface area contributed by atoms with Crippen molar-refractivity contribution in [3.63, 3.8) is 0 Å². The SMILES string of the molecule is O=C(CCc1nc(-c2ccccc2)ns1)NC1CCCC1. The molecular weight excluding hydrogens is 282 g/mol. The second-order valence-corrected chi connectivity index (χ2v) is 6.26. The summed E-state index contributed by atoms with van der Waals surface area (Å²) in [5.74, 6) is 0.894. The maximum absolute atomic E-state index is 11.9. The van der Waals surface area contributed by atoms with Crippen LogP contribution in [0.2, 0.25) is 0 Å². The molecule has 1 aromatic heterocycles. The van der Waals surface area contributed by atoms with Crippen LogP contribution in [-0.4, -0.2) is 21.3 Å². The quantitative estimate of drug-likeness (QED) is 0.922. The van der Waals surface area contributed by atoms with E-state index in [1.165, 1.54) is 24.4 Å². The average Bonchev–Trinajstić information content (AvgIpc) is 3.17. The van der Waals surface area contributed by atoms with Crippen LogP contribution in [0.3, 0.4) is 0 Å². The van der Waals surface area contributed by atoms with E-state index in [9.17, 15) is 4.79 Å². The van der Waals surface area contributed by atoms with Crippen LogP contribution in [0.4, 0.5) is 0 Å². The van der Waals surface area contributed by atoms with Gasteiger partial charge in [-0.1, -0.05) is 43.2 Å².